The number of halogens is 6. The molecule has 0 radical (unpaired) electrons. The average Bonchev–Trinajstić information content (AvgIpc) is 1.97. The van der Waals surface area contributed by atoms with Crippen molar-refractivity contribution in [2.45, 2.75) is 12.1 Å². The van der Waals surface area contributed by atoms with E-state index in [-0.39, 0.29) is 5.88 Å². The number of alkyl halides is 6. The van der Waals surface area contributed by atoms with Crippen LogP contribution in [-0.4, -0.2) is 30.6 Å². The summed E-state index contributed by atoms with van der Waals surface area (Å²) >= 11 is 4.91. The third-order valence-corrected chi connectivity index (χ3v) is 1.08. The molecule has 0 aliphatic rings. The number of hydrogen-bond acceptors (Lipinski definition) is 2. The fourth-order valence-corrected chi connectivity index (χ4v) is 0.415. The highest BCUT2D eigenvalue weighted by molar-refractivity contribution is 6.18. The lowest BCUT2D eigenvalue weighted by atomic mass is 10.3. The maximum absolute atomic E-state index is 12.0. The molecular formula is C5H4ClF5O2. The first-order valence-corrected chi connectivity index (χ1v) is 3.44. The molecule has 0 saturated heterocycles. The van der Waals surface area contributed by atoms with Gasteiger partial charge < -0.3 is 4.74 Å². The Morgan fingerprint density at radius 3 is 2.00 bits per heavy atom. The van der Waals surface area contributed by atoms with Crippen molar-refractivity contribution in [3.05, 3.63) is 0 Å². The molecule has 8 heteroatoms. The Morgan fingerprint density at radius 1 is 1.23 bits per heavy atom. The second kappa shape index (κ2) is 4.08. The van der Waals surface area contributed by atoms with Crippen molar-refractivity contribution >= 4 is 17.6 Å². The molecular weight excluding hydrogens is 222 g/mol. The highest BCUT2D eigenvalue weighted by Crippen LogP contribution is 2.36. The van der Waals surface area contributed by atoms with Crippen molar-refractivity contribution in [3.8, 4) is 0 Å². The van der Waals surface area contributed by atoms with Crippen LogP contribution in [0.25, 0.3) is 0 Å². The van der Waals surface area contributed by atoms with Crippen molar-refractivity contribution in [1.82, 2.24) is 0 Å². The lowest BCUT2D eigenvalue weighted by molar-refractivity contribution is -0.280. The van der Waals surface area contributed by atoms with Gasteiger partial charge in [-0.25, -0.2) is 4.79 Å². The Balaban J connectivity index is 4.37. The lowest BCUT2D eigenvalue weighted by Gasteiger charge is -2.17. The van der Waals surface area contributed by atoms with E-state index < -0.39 is 24.7 Å². The molecule has 0 heterocycles. The fourth-order valence-electron chi connectivity index (χ4n) is 0.338. The maximum atomic E-state index is 12.0. The molecule has 0 fully saturated rings. The van der Waals surface area contributed by atoms with Crippen molar-refractivity contribution in [2.24, 2.45) is 0 Å². The summed E-state index contributed by atoms with van der Waals surface area (Å²) in [7, 11) is 0. The van der Waals surface area contributed by atoms with E-state index >= 15 is 0 Å². The zero-order valence-electron chi connectivity index (χ0n) is 6.00. The molecule has 0 amide bonds. The van der Waals surface area contributed by atoms with E-state index in [1.54, 1.807) is 0 Å². The van der Waals surface area contributed by atoms with Gasteiger partial charge in [-0.05, 0) is 0 Å². The molecule has 0 aromatic carbocycles. The summed E-state index contributed by atoms with van der Waals surface area (Å²) in [5.41, 5.74) is 0. The largest absolute Gasteiger partial charge is 0.465 e. The smallest absolute Gasteiger partial charge is 0.460 e. The van der Waals surface area contributed by atoms with Gasteiger partial charge in [0.15, 0.2) is 0 Å². The first-order chi connectivity index (χ1) is 5.73. The standard InChI is InChI=1S/C5H4ClF5O2/c6-1-2-13-3(12)4(7,8)5(9,10)11/h1-2H2. The molecule has 0 aromatic rings. The average molecular weight is 227 g/mol. The van der Waals surface area contributed by atoms with Gasteiger partial charge in [-0.3, -0.25) is 0 Å². The summed E-state index contributed by atoms with van der Waals surface area (Å²) in [5.74, 6) is -8.46. The van der Waals surface area contributed by atoms with Gasteiger partial charge in [-0.1, -0.05) is 0 Å². The summed E-state index contributed by atoms with van der Waals surface area (Å²) in [6.45, 7) is -0.688. The first kappa shape index (κ1) is 12.4. The fraction of sp³-hybridized carbons (Fsp3) is 0.800. The quantitative estimate of drug-likeness (QED) is 0.418. The minimum absolute atomic E-state index is 0.348. The van der Waals surface area contributed by atoms with Crippen LogP contribution in [-0.2, 0) is 9.53 Å². The van der Waals surface area contributed by atoms with E-state index in [1.165, 1.54) is 0 Å². The third kappa shape index (κ3) is 2.98. The Morgan fingerprint density at radius 2 is 1.69 bits per heavy atom. The third-order valence-electron chi connectivity index (χ3n) is 0.923. The van der Waals surface area contributed by atoms with Crippen molar-refractivity contribution < 1.29 is 31.5 Å². The van der Waals surface area contributed by atoms with Crippen LogP contribution in [0.15, 0.2) is 0 Å². The van der Waals surface area contributed by atoms with E-state index in [0.717, 1.165) is 0 Å². The van der Waals surface area contributed by atoms with Gasteiger partial charge in [0.1, 0.15) is 6.61 Å². The molecule has 0 spiro atoms. The number of carbonyl (C=O) groups excluding carboxylic acids is 1. The number of esters is 1. The van der Waals surface area contributed by atoms with Crippen LogP contribution in [0.3, 0.4) is 0 Å². The van der Waals surface area contributed by atoms with Crippen LogP contribution in [0, 0.1) is 0 Å². The summed E-state index contributed by atoms with van der Waals surface area (Å²) in [5, 5.41) is 0. The monoisotopic (exact) mass is 226 g/mol. The van der Waals surface area contributed by atoms with Crippen molar-refractivity contribution in [3.63, 3.8) is 0 Å². The van der Waals surface area contributed by atoms with Crippen LogP contribution in [0.1, 0.15) is 0 Å². The van der Waals surface area contributed by atoms with Crippen molar-refractivity contribution in [1.29, 1.82) is 0 Å². The van der Waals surface area contributed by atoms with E-state index in [4.69, 9.17) is 11.6 Å². The van der Waals surface area contributed by atoms with Gasteiger partial charge in [0.05, 0.1) is 5.88 Å². The Kier molecular flexibility index (Phi) is 3.89. The van der Waals surface area contributed by atoms with E-state index in [1.807, 2.05) is 0 Å². The predicted molar refractivity (Wildman–Crippen MR) is 32.7 cm³/mol. The molecule has 13 heavy (non-hydrogen) atoms. The Hall–Kier alpha value is -0.590. The molecule has 0 aliphatic carbocycles. The molecule has 0 N–H and O–H groups in total. The molecule has 0 unspecified atom stereocenters. The topological polar surface area (TPSA) is 26.3 Å². The number of carbonyl (C=O) groups is 1. The van der Waals surface area contributed by atoms with Crippen LogP contribution < -0.4 is 0 Å². The second-order valence-corrected chi connectivity index (χ2v) is 2.28. The zero-order chi connectivity index (χ0) is 10.7. The predicted octanol–water partition coefficient (Wildman–Crippen LogP) is 1.97. The van der Waals surface area contributed by atoms with Crippen LogP contribution in [0.2, 0.25) is 0 Å². The summed E-state index contributed by atoms with van der Waals surface area (Å²) < 4.78 is 61.8. The van der Waals surface area contributed by atoms with Gasteiger partial charge in [0, 0.05) is 0 Å². The SMILES string of the molecule is O=C(OCCCl)C(F)(F)C(F)(F)F. The normalized spacial score (nSPS) is 12.8. The zero-order valence-corrected chi connectivity index (χ0v) is 6.75. The van der Waals surface area contributed by atoms with E-state index in [0.29, 0.717) is 0 Å². The minimum atomic E-state index is -5.93. The molecule has 2 nitrogen and oxygen atoms in total. The lowest BCUT2D eigenvalue weighted by Crippen LogP contribution is -2.45. The maximum Gasteiger partial charge on any atom is 0.465 e. The second-order valence-electron chi connectivity index (χ2n) is 1.90. The van der Waals surface area contributed by atoms with Gasteiger partial charge in [-0.2, -0.15) is 22.0 Å². The van der Waals surface area contributed by atoms with E-state index in [9.17, 15) is 26.7 Å². The Labute approximate surface area is 74.6 Å². The highest BCUT2D eigenvalue weighted by Gasteiger charge is 2.64. The van der Waals surface area contributed by atoms with Crippen molar-refractivity contribution in [2.75, 3.05) is 12.5 Å². The van der Waals surface area contributed by atoms with Crippen LogP contribution >= 0.6 is 11.6 Å². The van der Waals surface area contributed by atoms with Crippen LogP contribution in [0.5, 0.6) is 0 Å². The molecule has 0 aromatic heterocycles. The molecule has 0 rings (SSSR count). The molecule has 0 atom stereocenters. The van der Waals surface area contributed by atoms with Gasteiger partial charge in [-0.15, -0.1) is 11.6 Å². The van der Waals surface area contributed by atoms with Gasteiger partial charge >= 0.3 is 18.1 Å². The van der Waals surface area contributed by atoms with Gasteiger partial charge in [0.2, 0.25) is 0 Å². The molecule has 78 valence electrons. The first-order valence-electron chi connectivity index (χ1n) is 2.91. The van der Waals surface area contributed by atoms with E-state index in [2.05, 4.69) is 4.74 Å². The summed E-state index contributed by atoms with van der Waals surface area (Å²) in [6, 6.07) is 0. The number of rotatable bonds is 3. The van der Waals surface area contributed by atoms with Crippen LogP contribution in [0.4, 0.5) is 22.0 Å². The number of ether oxygens (including phenoxy) is 1. The minimum Gasteiger partial charge on any atom is -0.460 e. The molecule has 0 saturated carbocycles. The Bertz CT molecular complexity index is 190. The summed E-state index contributed by atoms with van der Waals surface area (Å²) in [6.07, 6.45) is -5.93. The van der Waals surface area contributed by atoms with Gasteiger partial charge in [0.25, 0.3) is 0 Å². The highest BCUT2D eigenvalue weighted by atomic mass is 35.5. The molecule has 0 aliphatic heterocycles. The summed E-state index contributed by atoms with van der Waals surface area (Å²) in [4.78, 5) is 10.1. The number of hydrogen-bond donors (Lipinski definition) is 0. The molecule has 0 bridgehead atoms.